The van der Waals surface area contributed by atoms with E-state index < -0.39 is 0 Å². The van der Waals surface area contributed by atoms with Crippen LogP contribution in [0, 0.1) is 0 Å². The largest absolute Gasteiger partial charge is 0.373 e. The third-order valence-electron chi connectivity index (χ3n) is 5.99. The molecule has 2 saturated heterocycles. The number of nitrogens with zero attached hydrogens (tertiary/aromatic N) is 1. The molecule has 2 heterocycles. The van der Waals surface area contributed by atoms with Crippen molar-refractivity contribution in [2.45, 2.75) is 69.6 Å². The minimum atomic E-state index is 0. The van der Waals surface area contributed by atoms with Crippen molar-refractivity contribution in [2.24, 2.45) is 4.99 Å². The molecule has 0 aromatic heterocycles. The van der Waals surface area contributed by atoms with Crippen LogP contribution in [0.2, 0.25) is 0 Å². The second-order valence-electron chi connectivity index (χ2n) is 7.14. The van der Waals surface area contributed by atoms with Crippen molar-refractivity contribution in [1.29, 1.82) is 0 Å². The van der Waals surface area contributed by atoms with Gasteiger partial charge in [0.2, 0.25) is 0 Å². The lowest BCUT2D eigenvalue weighted by Gasteiger charge is -2.34. The third-order valence-corrected chi connectivity index (χ3v) is 5.99. The maximum atomic E-state index is 5.94. The Labute approximate surface area is 169 Å². The molecule has 0 saturated carbocycles. The number of ether oxygens (including phenoxy) is 1. The number of benzene rings is 1. The van der Waals surface area contributed by atoms with Crippen LogP contribution in [0.3, 0.4) is 0 Å². The van der Waals surface area contributed by atoms with E-state index in [1.807, 2.05) is 7.05 Å². The molecule has 3 atom stereocenters. The minimum absolute atomic E-state index is 0. The quantitative estimate of drug-likeness (QED) is 0.388. The lowest BCUT2D eigenvalue weighted by Crippen LogP contribution is -2.50. The van der Waals surface area contributed by atoms with Crippen LogP contribution in [-0.2, 0) is 10.2 Å². The Bertz CT molecular complexity index is 559. The molecular formula is C20H32IN3O. The number of guanidine groups is 1. The van der Waals surface area contributed by atoms with E-state index in [0.717, 1.165) is 31.8 Å². The molecule has 140 valence electrons. The lowest BCUT2D eigenvalue weighted by molar-refractivity contribution is 0.0992. The molecule has 0 spiro atoms. The van der Waals surface area contributed by atoms with Crippen LogP contribution in [0.4, 0.5) is 0 Å². The average molecular weight is 457 g/mol. The first kappa shape index (κ1) is 20.5. The summed E-state index contributed by atoms with van der Waals surface area (Å²) in [5.41, 5.74) is 1.55. The summed E-state index contributed by atoms with van der Waals surface area (Å²) in [6.07, 6.45) is 6.54. The van der Waals surface area contributed by atoms with E-state index in [0.29, 0.717) is 18.2 Å². The van der Waals surface area contributed by atoms with Crippen LogP contribution in [0.15, 0.2) is 35.3 Å². The maximum Gasteiger partial charge on any atom is 0.191 e. The van der Waals surface area contributed by atoms with E-state index in [2.05, 4.69) is 59.8 Å². The number of hydrogen-bond donors (Lipinski definition) is 2. The number of halogens is 1. The van der Waals surface area contributed by atoms with Gasteiger partial charge in [-0.05, 0) is 37.7 Å². The fourth-order valence-corrected chi connectivity index (χ4v) is 4.21. The summed E-state index contributed by atoms with van der Waals surface area (Å²) in [4.78, 5) is 4.44. The number of rotatable bonds is 6. The Hall–Kier alpha value is -0.820. The molecule has 0 radical (unpaired) electrons. The van der Waals surface area contributed by atoms with E-state index in [1.165, 1.54) is 18.4 Å². The molecule has 3 rings (SSSR count). The first-order chi connectivity index (χ1) is 11.7. The maximum absolute atomic E-state index is 5.94. The molecule has 0 aliphatic carbocycles. The normalized spacial score (nSPS) is 25.6. The Balaban J connectivity index is 0.00000225. The minimum Gasteiger partial charge on any atom is -0.373 e. The van der Waals surface area contributed by atoms with Gasteiger partial charge in [0, 0.05) is 19.0 Å². The molecule has 2 aliphatic heterocycles. The number of hydrogen-bond acceptors (Lipinski definition) is 2. The molecule has 3 unspecified atom stereocenters. The average Bonchev–Trinajstić information content (AvgIpc) is 3.26. The highest BCUT2D eigenvalue weighted by molar-refractivity contribution is 14.0. The predicted molar refractivity (Wildman–Crippen MR) is 115 cm³/mol. The van der Waals surface area contributed by atoms with Crippen LogP contribution in [0.25, 0.3) is 0 Å². The SMILES string of the molecule is CCC(CC)(CNC(=NC)NC1CC2CCC1O2)c1ccccc1.I. The van der Waals surface area contributed by atoms with Gasteiger partial charge in [-0.2, -0.15) is 0 Å². The van der Waals surface area contributed by atoms with Gasteiger partial charge in [-0.1, -0.05) is 44.2 Å². The van der Waals surface area contributed by atoms with E-state index in [-0.39, 0.29) is 29.4 Å². The van der Waals surface area contributed by atoms with Gasteiger partial charge in [-0.15, -0.1) is 24.0 Å². The van der Waals surface area contributed by atoms with Crippen LogP contribution in [-0.4, -0.2) is 37.8 Å². The monoisotopic (exact) mass is 457 g/mol. The van der Waals surface area contributed by atoms with Gasteiger partial charge < -0.3 is 15.4 Å². The second-order valence-corrected chi connectivity index (χ2v) is 7.14. The topological polar surface area (TPSA) is 45.7 Å². The van der Waals surface area contributed by atoms with Gasteiger partial charge >= 0.3 is 0 Å². The fraction of sp³-hybridized carbons (Fsp3) is 0.650. The predicted octanol–water partition coefficient (Wildman–Crippen LogP) is 3.85. The van der Waals surface area contributed by atoms with Crippen LogP contribution >= 0.6 is 24.0 Å². The van der Waals surface area contributed by atoms with Crippen molar-refractivity contribution in [3.63, 3.8) is 0 Å². The Morgan fingerprint density at radius 3 is 2.44 bits per heavy atom. The van der Waals surface area contributed by atoms with Gasteiger partial charge in [0.1, 0.15) is 0 Å². The van der Waals surface area contributed by atoms with Crippen molar-refractivity contribution in [3.8, 4) is 0 Å². The molecule has 2 aliphatic rings. The molecule has 25 heavy (non-hydrogen) atoms. The summed E-state index contributed by atoms with van der Waals surface area (Å²) < 4.78 is 5.94. The van der Waals surface area contributed by atoms with Crippen molar-refractivity contribution >= 4 is 29.9 Å². The fourth-order valence-electron chi connectivity index (χ4n) is 4.21. The highest BCUT2D eigenvalue weighted by Gasteiger charge is 2.41. The highest BCUT2D eigenvalue weighted by Crippen LogP contribution is 2.34. The number of aliphatic imine (C=N–C) groups is 1. The molecule has 1 aromatic carbocycles. The first-order valence-corrected chi connectivity index (χ1v) is 9.39. The first-order valence-electron chi connectivity index (χ1n) is 9.39. The van der Waals surface area contributed by atoms with Gasteiger partial charge in [-0.25, -0.2) is 0 Å². The van der Waals surface area contributed by atoms with E-state index >= 15 is 0 Å². The molecule has 2 N–H and O–H groups in total. The van der Waals surface area contributed by atoms with Crippen molar-refractivity contribution < 1.29 is 4.74 Å². The van der Waals surface area contributed by atoms with Crippen LogP contribution < -0.4 is 10.6 Å². The third kappa shape index (κ3) is 4.48. The summed E-state index contributed by atoms with van der Waals surface area (Å²) >= 11 is 0. The van der Waals surface area contributed by atoms with E-state index in [9.17, 15) is 0 Å². The second kappa shape index (κ2) is 9.21. The van der Waals surface area contributed by atoms with Crippen molar-refractivity contribution in [1.82, 2.24) is 10.6 Å². The Morgan fingerprint density at radius 1 is 1.20 bits per heavy atom. The molecule has 1 aromatic rings. The zero-order valence-corrected chi connectivity index (χ0v) is 18.0. The number of nitrogens with one attached hydrogen (secondary N) is 2. The Kier molecular flexibility index (Phi) is 7.55. The molecule has 5 heteroatoms. The number of fused-ring (bicyclic) bond motifs is 2. The van der Waals surface area contributed by atoms with Crippen molar-refractivity contribution in [2.75, 3.05) is 13.6 Å². The van der Waals surface area contributed by atoms with E-state index in [4.69, 9.17) is 4.74 Å². The van der Waals surface area contributed by atoms with Gasteiger partial charge in [0.15, 0.2) is 5.96 Å². The summed E-state index contributed by atoms with van der Waals surface area (Å²) in [6.45, 7) is 5.45. The summed E-state index contributed by atoms with van der Waals surface area (Å²) in [7, 11) is 1.85. The zero-order chi connectivity index (χ0) is 17.0. The summed E-state index contributed by atoms with van der Waals surface area (Å²) in [6, 6.07) is 11.3. The van der Waals surface area contributed by atoms with Crippen LogP contribution in [0.5, 0.6) is 0 Å². The molecule has 0 amide bonds. The molecule has 4 nitrogen and oxygen atoms in total. The zero-order valence-electron chi connectivity index (χ0n) is 15.6. The molecular weight excluding hydrogens is 425 g/mol. The van der Waals surface area contributed by atoms with Crippen molar-refractivity contribution in [3.05, 3.63) is 35.9 Å². The summed E-state index contributed by atoms with van der Waals surface area (Å²) in [5.74, 6) is 0.901. The molecule has 2 bridgehead atoms. The van der Waals surface area contributed by atoms with Crippen LogP contribution in [0.1, 0.15) is 51.5 Å². The van der Waals surface area contributed by atoms with Gasteiger partial charge in [-0.3, -0.25) is 4.99 Å². The molecule has 2 fully saturated rings. The standard InChI is InChI=1S/C20H31N3O.HI/c1-4-20(5-2,15-9-7-6-8-10-15)14-22-19(21-3)23-17-13-16-11-12-18(17)24-16;/h6-10,16-18H,4-5,11-14H2,1-3H3,(H2,21,22,23);1H. The van der Waals surface area contributed by atoms with Gasteiger partial charge in [0.05, 0.1) is 18.2 Å². The Morgan fingerprint density at radius 2 is 1.92 bits per heavy atom. The highest BCUT2D eigenvalue weighted by atomic mass is 127. The van der Waals surface area contributed by atoms with E-state index in [1.54, 1.807) is 0 Å². The lowest BCUT2D eigenvalue weighted by atomic mass is 9.76. The summed E-state index contributed by atoms with van der Waals surface area (Å²) in [5, 5.41) is 7.16. The smallest absolute Gasteiger partial charge is 0.191 e. The van der Waals surface area contributed by atoms with Gasteiger partial charge in [0.25, 0.3) is 0 Å².